The molecule has 0 aliphatic heterocycles. The molecule has 0 radical (unpaired) electrons. The number of methoxy groups -OCH3 is 3. The molecule has 0 aromatic heterocycles. The van der Waals surface area contributed by atoms with Gasteiger partial charge in [0.15, 0.2) is 0 Å². The molecule has 1 aromatic carbocycles. The van der Waals surface area contributed by atoms with Gasteiger partial charge in [0.25, 0.3) is 0 Å². The minimum atomic E-state index is -0.495. The fourth-order valence-electron chi connectivity index (χ4n) is 2.10. The van der Waals surface area contributed by atoms with Crippen molar-refractivity contribution in [2.24, 2.45) is 0 Å². The van der Waals surface area contributed by atoms with Gasteiger partial charge in [-0.15, -0.1) is 11.8 Å². The molecule has 0 heterocycles. The zero-order valence-electron chi connectivity index (χ0n) is 13.4. The lowest BCUT2D eigenvalue weighted by atomic mass is 9.99. The number of benzene rings is 1. The second-order valence-electron chi connectivity index (χ2n) is 4.39. The standard InChI is InChI=1S/C15H21NO5S/c1-16-15(18)14(22-5)13-9(7-12(17)21-4)6-10(19-2)8-11(13)20-3/h6,8,14H,7H2,1-5H3,(H,16,18). The number of amides is 1. The summed E-state index contributed by atoms with van der Waals surface area (Å²) < 4.78 is 15.4. The van der Waals surface area contributed by atoms with Crippen molar-refractivity contribution in [3.63, 3.8) is 0 Å². The summed E-state index contributed by atoms with van der Waals surface area (Å²) in [5, 5.41) is 2.13. The first-order valence-corrected chi connectivity index (χ1v) is 7.87. The van der Waals surface area contributed by atoms with Crippen LogP contribution in [0.5, 0.6) is 11.5 Å². The predicted molar refractivity (Wildman–Crippen MR) is 85.6 cm³/mol. The van der Waals surface area contributed by atoms with Gasteiger partial charge in [0.1, 0.15) is 16.7 Å². The summed E-state index contributed by atoms with van der Waals surface area (Å²) in [6.45, 7) is 0. The van der Waals surface area contributed by atoms with E-state index in [4.69, 9.17) is 14.2 Å². The van der Waals surface area contributed by atoms with Gasteiger partial charge in [-0.05, 0) is 17.9 Å². The van der Waals surface area contributed by atoms with E-state index in [0.717, 1.165) is 0 Å². The minimum Gasteiger partial charge on any atom is -0.497 e. The van der Waals surface area contributed by atoms with E-state index in [-0.39, 0.29) is 12.3 Å². The van der Waals surface area contributed by atoms with Crippen molar-refractivity contribution in [2.45, 2.75) is 11.7 Å². The second-order valence-corrected chi connectivity index (χ2v) is 5.33. The first-order chi connectivity index (χ1) is 10.5. The Balaban J connectivity index is 3.48. The third-order valence-electron chi connectivity index (χ3n) is 3.20. The molecule has 7 heteroatoms. The van der Waals surface area contributed by atoms with Crippen LogP contribution in [-0.2, 0) is 20.7 Å². The number of hydrogen-bond donors (Lipinski definition) is 1. The van der Waals surface area contributed by atoms with Crippen LogP contribution in [0, 0.1) is 0 Å². The summed E-state index contributed by atoms with van der Waals surface area (Å²) in [7, 11) is 5.94. The normalized spacial score (nSPS) is 11.5. The summed E-state index contributed by atoms with van der Waals surface area (Å²) >= 11 is 1.36. The summed E-state index contributed by atoms with van der Waals surface area (Å²) in [5.74, 6) is 0.493. The van der Waals surface area contributed by atoms with Crippen molar-refractivity contribution in [3.8, 4) is 11.5 Å². The molecule has 122 valence electrons. The van der Waals surface area contributed by atoms with Crippen molar-refractivity contribution in [2.75, 3.05) is 34.6 Å². The highest BCUT2D eigenvalue weighted by Gasteiger charge is 2.27. The number of ether oxygens (including phenoxy) is 3. The second kappa shape index (κ2) is 8.53. The molecule has 1 rings (SSSR count). The average molecular weight is 327 g/mol. The number of nitrogens with one attached hydrogen (secondary N) is 1. The van der Waals surface area contributed by atoms with Gasteiger partial charge in [-0.1, -0.05) is 0 Å². The lowest BCUT2D eigenvalue weighted by Crippen LogP contribution is -2.25. The van der Waals surface area contributed by atoms with Crippen molar-refractivity contribution in [3.05, 3.63) is 23.3 Å². The number of thioether (sulfide) groups is 1. The molecule has 0 fully saturated rings. The quantitative estimate of drug-likeness (QED) is 0.766. The molecule has 1 aromatic rings. The number of rotatable bonds is 7. The van der Waals surface area contributed by atoms with E-state index in [9.17, 15) is 9.59 Å². The summed E-state index contributed by atoms with van der Waals surface area (Å²) in [6, 6.07) is 3.42. The molecule has 0 aliphatic rings. The van der Waals surface area contributed by atoms with E-state index in [1.807, 2.05) is 6.26 Å². The van der Waals surface area contributed by atoms with Crippen LogP contribution in [0.15, 0.2) is 12.1 Å². The van der Waals surface area contributed by atoms with Crippen molar-refractivity contribution < 1.29 is 23.8 Å². The minimum absolute atomic E-state index is 0.0352. The van der Waals surface area contributed by atoms with Gasteiger partial charge in [-0.2, -0.15) is 0 Å². The van der Waals surface area contributed by atoms with Crippen LogP contribution in [0.2, 0.25) is 0 Å². The monoisotopic (exact) mass is 327 g/mol. The van der Waals surface area contributed by atoms with E-state index in [0.29, 0.717) is 22.6 Å². The Morgan fingerprint density at radius 1 is 1.23 bits per heavy atom. The maximum absolute atomic E-state index is 12.1. The number of hydrogen-bond acceptors (Lipinski definition) is 6. The van der Waals surface area contributed by atoms with Gasteiger partial charge in [-0.3, -0.25) is 9.59 Å². The molecule has 0 saturated carbocycles. The van der Waals surface area contributed by atoms with E-state index < -0.39 is 11.2 Å². The number of likely N-dealkylation sites (N-methyl/N-ethyl adjacent to an activating group) is 1. The Morgan fingerprint density at radius 3 is 2.36 bits per heavy atom. The number of carbonyl (C=O) groups excluding carboxylic acids is 2. The van der Waals surface area contributed by atoms with Gasteiger partial charge in [0, 0.05) is 18.7 Å². The van der Waals surface area contributed by atoms with Crippen LogP contribution >= 0.6 is 11.8 Å². The molecule has 22 heavy (non-hydrogen) atoms. The van der Waals surface area contributed by atoms with Crippen LogP contribution in [0.4, 0.5) is 0 Å². The summed E-state index contributed by atoms with van der Waals surface area (Å²) in [5.41, 5.74) is 1.30. The van der Waals surface area contributed by atoms with Crippen molar-refractivity contribution in [1.82, 2.24) is 5.32 Å². The first kappa shape index (κ1) is 18.2. The highest BCUT2D eigenvalue weighted by Crippen LogP contribution is 2.39. The molecule has 6 nitrogen and oxygen atoms in total. The fourth-order valence-corrected chi connectivity index (χ4v) is 2.94. The molecular formula is C15H21NO5S. The van der Waals surface area contributed by atoms with E-state index in [1.165, 1.54) is 33.1 Å². The Hall–Kier alpha value is -1.89. The van der Waals surface area contributed by atoms with E-state index in [1.54, 1.807) is 19.2 Å². The van der Waals surface area contributed by atoms with Gasteiger partial charge in [-0.25, -0.2) is 0 Å². The van der Waals surface area contributed by atoms with E-state index >= 15 is 0 Å². The van der Waals surface area contributed by atoms with Crippen molar-refractivity contribution in [1.29, 1.82) is 0 Å². The van der Waals surface area contributed by atoms with Crippen LogP contribution in [-0.4, -0.2) is 46.5 Å². The van der Waals surface area contributed by atoms with Crippen LogP contribution in [0.1, 0.15) is 16.4 Å². The third-order valence-corrected chi connectivity index (χ3v) is 4.12. The smallest absolute Gasteiger partial charge is 0.309 e. The summed E-state index contributed by atoms with van der Waals surface area (Å²) in [6.07, 6.45) is 1.86. The molecule has 1 unspecified atom stereocenters. The van der Waals surface area contributed by atoms with Crippen LogP contribution < -0.4 is 14.8 Å². The molecule has 0 bridgehead atoms. The highest BCUT2D eigenvalue weighted by molar-refractivity contribution is 7.99. The Morgan fingerprint density at radius 2 is 1.91 bits per heavy atom. The number of esters is 1. The SMILES string of the molecule is CNC(=O)C(SC)c1c(CC(=O)OC)cc(OC)cc1OC. The Bertz CT molecular complexity index is 547. The first-order valence-electron chi connectivity index (χ1n) is 6.58. The van der Waals surface area contributed by atoms with Gasteiger partial charge < -0.3 is 19.5 Å². The highest BCUT2D eigenvalue weighted by atomic mass is 32.2. The Labute approximate surface area is 134 Å². The molecule has 0 aliphatic carbocycles. The number of carbonyl (C=O) groups is 2. The zero-order chi connectivity index (χ0) is 16.7. The van der Waals surface area contributed by atoms with E-state index in [2.05, 4.69) is 5.32 Å². The van der Waals surface area contributed by atoms with Crippen LogP contribution in [0.25, 0.3) is 0 Å². The van der Waals surface area contributed by atoms with Gasteiger partial charge in [0.2, 0.25) is 5.91 Å². The van der Waals surface area contributed by atoms with Crippen LogP contribution in [0.3, 0.4) is 0 Å². The molecule has 1 atom stereocenters. The third kappa shape index (κ3) is 4.07. The Kier molecular flexibility index (Phi) is 7.04. The molecule has 1 N–H and O–H groups in total. The predicted octanol–water partition coefficient (Wildman–Crippen LogP) is 1.57. The summed E-state index contributed by atoms with van der Waals surface area (Å²) in [4.78, 5) is 23.8. The molecule has 0 spiro atoms. The van der Waals surface area contributed by atoms with Gasteiger partial charge in [0.05, 0.1) is 27.8 Å². The zero-order valence-corrected chi connectivity index (χ0v) is 14.2. The molecule has 0 saturated heterocycles. The average Bonchev–Trinajstić information content (AvgIpc) is 2.55. The maximum atomic E-state index is 12.1. The lowest BCUT2D eigenvalue weighted by Gasteiger charge is -2.21. The fraction of sp³-hybridized carbons (Fsp3) is 0.467. The largest absolute Gasteiger partial charge is 0.497 e. The molecular weight excluding hydrogens is 306 g/mol. The van der Waals surface area contributed by atoms with Gasteiger partial charge >= 0.3 is 5.97 Å². The topological polar surface area (TPSA) is 73.9 Å². The van der Waals surface area contributed by atoms with Crippen molar-refractivity contribution >= 4 is 23.6 Å². The lowest BCUT2D eigenvalue weighted by molar-refractivity contribution is -0.139. The molecule has 1 amide bonds. The maximum Gasteiger partial charge on any atom is 0.309 e.